The molecule has 2 nitrogen and oxygen atoms in total. The summed E-state index contributed by atoms with van der Waals surface area (Å²) in [5, 5.41) is 1.31. The number of furan rings is 1. The van der Waals surface area contributed by atoms with Crippen LogP contribution in [0.2, 0.25) is 0 Å². The molecule has 0 bridgehead atoms. The van der Waals surface area contributed by atoms with Gasteiger partial charge in [-0.25, -0.2) is 0 Å². The van der Waals surface area contributed by atoms with Crippen LogP contribution in [-0.4, -0.2) is 0 Å². The summed E-state index contributed by atoms with van der Waals surface area (Å²) < 4.78 is 5.88. The van der Waals surface area contributed by atoms with E-state index in [1.807, 2.05) is 0 Å². The van der Waals surface area contributed by atoms with Crippen LogP contribution in [0.15, 0.2) is 22.6 Å². The molecular weight excluding hydrogens is 222 g/mol. The first kappa shape index (κ1) is 11.8. The molecule has 1 aromatic heterocycles. The van der Waals surface area contributed by atoms with Gasteiger partial charge in [-0.15, -0.1) is 0 Å². The van der Waals surface area contributed by atoms with Gasteiger partial charge in [0.05, 0.1) is 6.54 Å². The normalized spacial score (nSPS) is 15.4. The highest BCUT2D eigenvalue weighted by Crippen LogP contribution is 2.46. The Labute approximate surface area is 108 Å². The summed E-state index contributed by atoms with van der Waals surface area (Å²) in [6.07, 6.45) is 6.25. The van der Waals surface area contributed by atoms with Gasteiger partial charge < -0.3 is 10.2 Å². The van der Waals surface area contributed by atoms with Crippen LogP contribution in [-0.2, 0) is 13.0 Å². The monoisotopic (exact) mass is 243 g/mol. The highest BCUT2D eigenvalue weighted by molar-refractivity contribution is 5.84. The van der Waals surface area contributed by atoms with Gasteiger partial charge >= 0.3 is 0 Å². The second-order valence-electron chi connectivity index (χ2n) is 5.35. The lowest BCUT2D eigenvalue weighted by atomic mass is 10.0. The topological polar surface area (TPSA) is 39.2 Å². The fourth-order valence-electron chi connectivity index (χ4n) is 2.72. The number of rotatable bonds is 5. The molecule has 3 rings (SSSR count). The molecule has 1 aromatic carbocycles. The van der Waals surface area contributed by atoms with Crippen LogP contribution in [0.1, 0.15) is 55.4 Å². The van der Waals surface area contributed by atoms with Crippen LogP contribution in [0.3, 0.4) is 0 Å². The zero-order valence-electron chi connectivity index (χ0n) is 11.0. The smallest absolute Gasteiger partial charge is 0.134 e. The Morgan fingerprint density at radius 1 is 1.33 bits per heavy atom. The zero-order chi connectivity index (χ0) is 12.5. The van der Waals surface area contributed by atoms with E-state index in [1.54, 1.807) is 0 Å². The maximum Gasteiger partial charge on any atom is 0.134 e. The van der Waals surface area contributed by atoms with Gasteiger partial charge in [0.1, 0.15) is 11.3 Å². The second-order valence-corrected chi connectivity index (χ2v) is 5.35. The van der Waals surface area contributed by atoms with Gasteiger partial charge in [-0.2, -0.15) is 0 Å². The van der Waals surface area contributed by atoms with Crippen molar-refractivity contribution in [3.8, 4) is 0 Å². The first-order chi connectivity index (χ1) is 8.83. The van der Waals surface area contributed by atoms with E-state index in [0.717, 1.165) is 11.3 Å². The molecule has 1 saturated carbocycles. The molecule has 1 heterocycles. The van der Waals surface area contributed by atoms with E-state index < -0.39 is 0 Å². The standard InChI is InChI=1S/C16H21NO/c1-2-3-4-11-5-8-14-13(9-11)16(12-6-7-12)15(10-17)18-14/h5,8-9,12H,2-4,6-7,10,17H2,1H3. The lowest BCUT2D eigenvalue weighted by Crippen LogP contribution is -1.97. The lowest BCUT2D eigenvalue weighted by molar-refractivity contribution is 0.545. The van der Waals surface area contributed by atoms with E-state index in [0.29, 0.717) is 12.5 Å². The Bertz CT molecular complexity index is 551. The molecule has 0 radical (unpaired) electrons. The molecular formula is C16H21NO. The first-order valence-corrected chi connectivity index (χ1v) is 7.07. The van der Waals surface area contributed by atoms with E-state index in [9.17, 15) is 0 Å². The Morgan fingerprint density at radius 2 is 2.17 bits per heavy atom. The highest BCUT2D eigenvalue weighted by atomic mass is 16.3. The Kier molecular flexibility index (Phi) is 3.13. The van der Waals surface area contributed by atoms with Crippen molar-refractivity contribution in [2.75, 3.05) is 0 Å². The molecule has 0 saturated heterocycles. The number of hydrogen-bond donors (Lipinski definition) is 1. The van der Waals surface area contributed by atoms with E-state index >= 15 is 0 Å². The van der Waals surface area contributed by atoms with Gasteiger partial charge in [0.15, 0.2) is 0 Å². The number of unbranched alkanes of at least 4 members (excludes halogenated alkanes) is 1. The molecule has 1 fully saturated rings. The second kappa shape index (κ2) is 4.77. The fourth-order valence-corrected chi connectivity index (χ4v) is 2.72. The highest BCUT2D eigenvalue weighted by Gasteiger charge is 2.30. The van der Waals surface area contributed by atoms with Gasteiger partial charge in [0.25, 0.3) is 0 Å². The predicted molar refractivity (Wildman–Crippen MR) is 74.7 cm³/mol. The SMILES string of the molecule is CCCCc1ccc2oc(CN)c(C3CC3)c2c1. The molecule has 2 heteroatoms. The number of benzene rings is 1. The summed E-state index contributed by atoms with van der Waals surface area (Å²) in [6.45, 7) is 2.75. The molecule has 0 atom stereocenters. The summed E-state index contributed by atoms with van der Waals surface area (Å²) in [5.74, 6) is 1.70. The van der Waals surface area contributed by atoms with Crippen LogP contribution in [0, 0.1) is 0 Å². The minimum atomic E-state index is 0.519. The summed E-state index contributed by atoms with van der Waals surface area (Å²) in [6, 6.07) is 6.63. The van der Waals surface area contributed by atoms with Gasteiger partial charge in [-0.05, 0) is 49.3 Å². The predicted octanol–water partition coefficient (Wildman–Crippen LogP) is 4.11. The summed E-state index contributed by atoms with van der Waals surface area (Å²) in [4.78, 5) is 0. The Balaban J connectivity index is 2.04. The average Bonchev–Trinajstić information content (AvgIpc) is 3.16. The number of aryl methyl sites for hydroxylation is 1. The van der Waals surface area contributed by atoms with Crippen LogP contribution in [0.5, 0.6) is 0 Å². The third-order valence-electron chi connectivity index (χ3n) is 3.86. The minimum absolute atomic E-state index is 0.519. The van der Waals surface area contributed by atoms with Crippen molar-refractivity contribution in [2.24, 2.45) is 5.73 Å². The van der Waals surface area contributed by atoms with Crippen molar-refractivity contribution in [3.63, 3.8) is 0 Å². The quantitative estimate of drug-likeness (QED) is 0.858. The Hall–Kier alpha value is -1.28. The first-order valence-electron chi connectivity index (χ1n) is 7.07. The third kappa shape index (κ3) is 2.05. The van der Waals surface area contributed by atoms with Crippen LogP contribution in [0.25, 0.3) is 11.0 Å². The molecule has 2 N–H and O–H groups in total. The van der Waals surface area contributed by atoms with E-state index in [4.69, 9.17) is 10.2 Å². The molecule has 1 aliphatic rings. The van der Waals surface area contributed by atoms with Crippen molar-refractivity contribution < 1.29 is 4.42 Å². The molecule has 2 aromatic rings. The largest absolute Gasteiger partial charge is 0.459 e. The van der Waals surface area contributed by atoms with Crippen molar-refractivity contribution in [3.05, 3.63) is 35.1 Å². The molecule has 18 heavy (non-hydrogen) atoms. The fraction of sp³-hybridized carbons (Fsp3) is 0.500. The van der Waals surface area contributed by atoms with Gasteiger partial charge in [-0.3, -0.25) is 0 Å². The van der Waals surface area contributed by atoms with Crippen molar-refractivity contribution in [1.82, 2.24) is 0 Å². The third-order valence-corrected chi connectivity index (χ3v) is 3.86. The molecule has 1 aliphatic carbocycles. The summed E-state index contributed by atoms with van der Waals surface area (Å²) in [7, 11) is 0. The van der Waals surface area contributed by atoms with E-state index in [1.165, 1.54) is 48.6 Å². The molecule has 0 spiro atoms. The summed E-state index contributed by atoms with van der Waals surface area (Å²) >= 11 is 0. The number of hydrogen-bond acceptors (Lipinski definition) is 2. The average molecular weight is 243 g/mol. The van der Waals surface area contributed by atoms with Gasteiger partial charge in [-0.1, -0.05) is 19.4 Å². The van der Waals surface area contributed by atoms with Crippen molar-refractivity contribution in [1.29, 1.82) is 0 Å². The minimum Gasteiger partial charge on any atom is -0.459 e. The van der Waals surface area contributed by atoms with E-state index in [-0.39, 0.29) is 0 Å². The van der Waals surface area contributed by atoms with Gasteiger partial charge in [0, 0.05) is 10.9 Å². The maximum atomic E-state index is 5.88. The zero-order valence-corrected chi connectivity index (χ0v) is 11.0. The number of fused-ring (bicyclic) bond motifs is 1. The van der Waals surface area contributed by atoms with Crippen molar-refractivity contribution >= 4 is 11.0 Å². The lowest BCUT2D eigenvalue weighted by Gasteiger charge is -2.01. The summed E-state index contributed by atoms with van der Waals surface area (Å²) in [5.41, 5.74) is 9.64. The number of nitrogens with two attached hydrogens (primary N) is 1. The van der Waals surface area contributed by atoms with Crippen LogP contribution >= 0.6 is 0 Å². The van der Waals surface area contributed by atoms with Crippen LogP contribution in [0.4, 0.5) is 0 Å². The molecule has 0 unspecified atom stereocenters. The molecule has 96 valence electrons. The Morgan fingerprint density at radius 3 is 2.83 bits per heavy atom. The molecule has 0 amide bonds. The van der Waals surface area contributed by atoms with E-state index in [2.05, 4.69) is 25.1 Å². The molecule has 0 aliphatic heterocycles. The van der Waals surface area contributed by atoms with Gasteiger partial charge in [0.2, 0.25) is 0 Å². The van der Waals surface area contributed by atoms with Crippen LogP contribution < -0.4 is 5.73 Å². The van der Waals surface area contributed by atoms with Crippen molar-refractivity contribution in [2.45, 2.75) is 51.5 Å². The maximum absolute atomic E-state index is 5.88.